The molecule has 0 aromatic heterocycles. The summed E-state index contributed by atoms with van der Waals surface area (Å²) in [6, 6.07) is -0.549. The van der Waals surface area contributed by atoms with E-state index in [1.165, 1.54) is 0 Å². The zero-order valence-electron chi connectivity index (χ0n) is 13.9. The molecule has 0 bridgehead atoms. The highest BCUT2D eigenvalue weighted by atomic mass is 16.6. The molecule has 0 rings (SSSR count). The average Bonchev–Trinajstić information content (AvgIpc) is 2.29. The van der Waals surface area contributed by atoms with Gasteiger partial charge in [0.1, 0.15) is 11.6 Å². The highest BCUT2D eigenvalue weighted by molar-refractivity contribution is 5.85. The monoisotopic (exact) mass is 286 g/mol. The molecule has 0 aromatic carbocycles. The molecule has 5 nitrogen and oxygen atoms in total. The van der Waals surface area contributed by atoms with Crippen LogP contribution < -0.4 is 5.32 Å². The molecule has 0 aliphatic carbocycles. The maximum Gasteiger partial charge on any atom is 0.408 e. The molecule has 0 saturated carbocycles. The van der Waals surface area contributed by atoms with Crippen molar-refractivity contribution in [1.82, 2.24) is 10.2 Å². The van der Waals surface area contributed by atoms with Crippen LogP contribution in [0, 0.1) is 5.92 Å². The fourth-order valence-electron chi connectivity index (χ4n) is 1.69. The third kappa shape index (κ3) is 7.36. The quantitative estimate of drug-likeness (QED) is 0.817. The molecule has 118 valence electrons. The van der Waals surface area contributed by atoms with Crippen LogP contribution >= 0.6 is 0 Å². The lowest BCUT2D eigenvalue weighted by Gasteiger charge is -2.28. The van der Waals surface area contributed by atoms with E-state index in [1.54, 1.807) is 32.7 Å². The SMILES string of the molecule is CCCCN(C)C(=O)[C@@H](NC(=O)OC(C)(C)C)C(C)C. The van der Waals surface area contributed by atoms with Crippen LogP contribution in [0.2, 0.25) is 0 Å². The van der Waals surface area contributed by atoms with Crippen molar-refractivity contribution < 1.29 is 14.3 Å². The lowest BCUT2D eigenvalue weighted by Crippen LogP contribution is -2.51. The number of likely N-dealkylation sites (N-methyl/N-ethyl adjacent to an activating group) is 1. The summed E-state index contributed by atoms with van der Waals surface area (Å²) >= 11 is 0. The van der Waals surface area contributed by atoms with Gasteiger partial charge >= 0.3 is 6.09 Å². The standard InChI is InChI=1S/C15H30N2O3/c1-8-9-10-17(7)13(18)12(11(2)3)16-14(19)20-15(4,5)6/h11-12H,8-10H2,1-7H3,(H,16,19)/t12-/m0/s1. The Balaban J connectivity index is 4.64. The molecule has 0 fully saturated rings. The Labute approximate surface area is 123 Å². The van der Waals surface area contributed by atoms with Gasteiger partial charge in [-0.25, -0.2) is 4.79 Å². The third-order valence-electron chi connectivity index (χ3n) is 2.83. The zero-order chi connectivity index (χ0) is 15.9. The van der Waals surface area contributed by atoms with E-state index in [0.717, 1.165) is 12.8 Å². The Kier molecular flexibility index (Phi) is 7.61. The minimum atomic E-state index is -0.567. The highest BCUT2D eigenvalue weighted by Crippen LogP contribution is 2.10. The molecule has 0 radical (unpaired) electrons. The summed E-state index contributed by atoms with van der Waals surface area (Å²) in [4.78, 5) is 25.8. The van der Waals surface area contributed by atoms with E-state index in [2.05, 4.69) is 12.2 Å². The van der Waals surface area contributed by atoms with E-state index in [0.29, 0.717) is 6.54 Å². The largest absolute Gasteiger partial charge is 0.444 e. The van der Waals surface area contributed by atoms with Crippen molar-refractivity contribution in [3.05, 3.63) is 0 Å². The van der Waals surface area contributed by atoms with E-state index in [1.807, 2.05) is 13.8 Å². The zero-order valence-corrected chi connectivity index (χ0v) is 13.9. The molecule has 0 aliphatic rings. The number of amides is 2. The van der Waals surface area contributed by atoms with Crippen LogP contribution in [0.4, 0.5) is 4.79 Å². The summed E-state index contributed by atoms with van der Waals surface area (Å²) in [5.74, 6) is -0.0570. The molecule has 0 unspecified atom stereocenters. The predicted molar refractivity (Wildman–Crippen MR) is 80.5 cm³/mol. The van der Waals surface area contributed by atoms with Crippen molar-refractivity contribution in [3.63, 3.8) is 0 Å². The number of hydrogen-bond donors (Lipinski definition) is 1. The Morgan fingerprint density at radius 2 is 1.80 bits per heavy atom. The van der Waals surface area contributed by atoms with Crippen LogP contribution in [0.1, 0.15) is 54.4 Å². The number of hydrogen-bond acceptors (Lipinski definition) is 3. The number of alkyl carbamates (subject to hydrolysis) is 1. The van der Waals surface area contributed by atoms with Gasteiger partial charge in [-0.3, -0.25) is 4.79 Å². The molecule has 20 heavy (non-hydrogen) atoms. The second kappa shape index (κ2) is 8.12. The van der Waals surface area contributed by atoms with E-state index in [9.17, 15) is 9.59 Å². The first-order valence-electron chi connectivity index (χ1n) is 7.33. The summed E-state index contributed by atoms with van der Waals surface area (Å²) in [7, 11) is 1.77. The summed E-state index contributed by atoms with van der Waals surface area (Å²) in [6.07, 6.45) is 1.44. The number of nitrogens with zero attached hydrogens (tertiary/aromatic N) is 1. The Bertz CT molecular complexity index is 322. The van der Waals surface area contributed by atoms with Crippen LogP contribution in [0.5, 0.6) is 0 Å². The van der Waals surface area contributed by atoms with Crippen molar-refractivity contribution in [2.45, 2.75) is 66.0 Å². The Morgan fingerprint density at radius 3 is 2.20 bits per heavy atom. The molecule has 0 saturated heterocycles. The first-order valence-corrected chi connectivity index (χ1v) is 7.33. The van der Waals surface area contributed by atoms with Gasteiger partial charge < -0.3 is 15.0 Å². The number of carbonyl (C=O) groups is 2. The first-order chi connectivity index (χ1) is 9.08. The molecule has 2 amide bonds. The maximum absolute atomic E-state index is 12.3. The highest BCUT2D eigenvalue weighted by Gasteiger charge is 2.28. The van der Waals surface area contributed by atoms with Gasteiger partial charge in [-0.15, -0.1) is 0 Å². The first kappa shape index (κ1) is 18.7. The Hall–Kier alpha value is -1.26. The van der Waals surface area contributed by atoms with Crippen LogP contribution in [-0.2, 0) is 9.53 Å². The Morgan fingerprint density at radius 1 is 1.25 bits per heavy atom. The average molecular weight is 286 g/mol. The van der Waals surface area contributed by atoms with E-state index >= 15 is 0 Å². The molecule has 1 atom stereocenters. The number of unbranched alkanes of at least 4 members (excludes halogenated alkanes) is 1. The van der Waals surface area contributed by atoms with Crippen molar-refractivity contribution in [3.8, 4) is 0 Å². The lowest BCUT2D eigenvalue weighted by molar-refractivity contribution is -0.133. The topological polar surface area (TPSA) is 58.6 Å². The van der Waals surface area contributed by atoms with Crippen LogP contribution in [0.25, 0.3) is 0 Å². The molecule has 0 aliphatic heterocycles. The van der Waals surface area contributed by atoms with Gasteiger partial charge in [0.25, 0.3) is 0 Å². The van der Waals surface area contributed by atoms with Gasteiger partial charge in [0.15, 0.2) is 0 Å². The fraction of sp³-hybridized carbons (Fsp3) is 0.867. The van der Waals surface area contributed by atoms with Crippen molar-refractivity contribution in [1.29, 1.82) is 0 Å². The molecule has 0 spiro atoms. The van der Waals surface area contributed by atoms with Gasteiger partial charge in [-0.2, -0.15) is 0 Å². The third-order valence-corrected chi connectivity index (χ3v) is 2.83. The molecule has 0 aromatic rings. The van der Waals surface area contributed by atoms with Crippen LogP contribution in [-0.4, -0.2) is 42.1 Å². The van der Waals surface area contributed by atoms with Crippen LogP contribution in [0.3, 0.4) is 0 Å². The van der Waals surface area contributed by atoms with Gasteiger partial charge in [-0.05, 0) is 33.1 Å². The lowest BCUT2D eigenvalue weighted by atomic mass is 10.0. The summed E-state index contributed by atoms with van der Waals surface area (Å²) in [5.41, 5.74) is -0.567. The van der Waals surface area contributed by atoms with Crippen molar-refractivity contribution in [2.24, 2.45) is 5.92 Å². The van der Waals surface area contributed by atoms with Crippen molar-refractivity contribution in [2.75, 3.05) is 13.6 Å². The van der Waals surface area contributed by atoms with E-state index in [4.69, 9.17) is 4.74 Å². The van der Waals surface area contributed by atoms with Gasteiger partial charge in [-0.1, -0.05) is 27.2 Å². The molecule has 0 heterocycles. The van der Waals surface area contributed by atoms with Crippen molar-refractivity contribution >= 4 is 12.0 Å². The van der Waals surface area contributed by atoms with Gasteiger partial charge in [0.2, 0.25) is 5.91 Å². The van der Waals surface area contributed by atoms with Gasteiger partial charge in [0, 0.05) is 13.6 Å². The molecular formula is C15H30N2O3. The maximum atomic E-state index is 12.3. The molecule has 5 heteroatoms. The fourth-order valence-corrected chi connectivity index (χ4v) is 1.69. The minimum Gasteiger partial charge on any atom is -0.444 e. The predicted octanol–water partition coefficient (Wildman–Crippen LogP) is 2.79. The van der Waals surface area contributed by atoms with Gasteiger partial charge in [0.05, 0.1) is 0 Å². The van der Waals surface area contributed by atoms with E-state index < -0.39 is 17.7 Å². The second-order valence-corrected chi connectivity index (χ2v) is 6.48. The summed E-state index contributed by atoms with van der Waals surface area (Å²) in [6.45, 7) is 12.0. The van der Waals surface area contributed by atoms with Crippen LogP contribution in [0.15, 0.2) is 0 Å². The summed E-state index contributed by atoms with van der Waals surface area (Å²) in [5, 5.41) is 2.68. The second-order valence-electron chi connectivity index (χ2n) is 6.48. The normalized spacial score (nSPS) is 13.0. The summed E-state index contributed by atoms with van der Waals surface area (Å²) < 4.78 is 5.21. The number of carbonyl (C=O) groups excluding carboxylic acids is 2. The molecule has 1 N–H and O–H groups in total. The minimum absolute atomic E-state index is 0.0131. The number of rotatable bonds is 6. The number of ether oxygens (including phenoxy) is 1. The number of nitrogens with one attached hydrogen (secondary N) is 1. The molecular weight excluding hydrogens is 256 g/mol. The van der Waals surface area contributed by atoms with E-state index in [-0.39, 0.29) is 11.8 Å². The smallest absolute Gasteiger partial charge is 0.408 e.